The third-order valence-corrected chi connectivity index (χ3v) is 10.7. The van der Waals surface area contributed by atoms with Crippen molar-refractivity contribution in [1.29, 1.82) is 0 Å². The van der Waals surface area contributed by atoms with E-state index in [4.69, 9.17) is 15.8 Å². The van der Waals surface area contributed by atoms with Gasteiger partial charge in [-0.3, -0.25) is 19.2 Å². The van der Waals surface area contributed by atoms with Gasteiger partial charge in [-0.2, -0.15) is 13.4 Å². The third-order valence-electron chi connectivity index (χ3n) is 9.19. The lowest BCUT2D eigenvalue weighted by molar-refractivity contribution is -0.154. The minimum atomic E-state index is -4.10. The number of carbonyl (C=O) groups excluding carboxylic acids is 4. The van der Waals surface area contributed by atoms with Gasteiger partial charge in [0.1, 0.15) is 17.2 Å². The number of benzene rings is 3. The summed E-state index contributed by atoms with van der Waals surface area (Å²) < 4.78 is 30.6. The van der Waals surface area contributed by atoms with Gasteiger partial charge in [0, 0.05) is 16.1 Å². The fourth-order valence-corrected chi connectivity index (χ4v) is 8.01. The molecule has 0 spiro atoms. The van der Waals surface area contributed by atoms with Gasteiger partial charge in [0.25, 0.3) is 17.7 Å². The van der Waals surface area contributed by atoms with Crippen molar-refractivity contribution in [2.45, 2.75) is 18.2 Å². The number of imide groups is 1. The zero-order valence-corrected chi connectivity index (χ0v) is 25.1. The number of nitrogens with zero attached hydrogens (tertiary/aromatic N) is 2. The zero-order valence-electron chi connectivity index (χ0n) is 23.5. The van der Waals surface area contributed by atoms with E-state index in [1.165, 1.54) is 60.7 Å². The lowest BCUT2D eigenvalue weighted by atomic mass is 9.63. The van der Waals surface area contributed by atoms with E-state index in [0.29, 0.717) is 16.9 Å². The Balaban J connectivity index is 1.14. The van der Waals surface area contributed by atoms with Crippen LogP contribution in [0.25, 0.3) is 0 Å². The molecule has 2 saturated carbocycles. The Kier molecular flexibility index (Phi) is 6.75. The summed E-state index contributed by atoms with van der Waals surface area (Å²) in [5.74, 6) is -2.65. The van der Waals surface area contributed by atoms with Gasteiger partial charge in [0.15, 0.2) is 5.78 Å². The lowest BCUT2D eigenvalue weighted by Crippen LogP contribution is -2.52. The second-order valence-electron chi connectivity index (χ2n) is 11.8. The Hall–Kier alpha value is -4.28. The highest BCUT2D eigenvalue weighted by atomic mass is 35.5. The van der Waals surface area contributed by atoms with Gasteiger partial charge in [-0.15, -0.1) is 0 Å². The molecule has 44 heavy (non-hydrogen) atoms. The Labute approximate surface area is 259 Å². The van der Waals surface area contributed by atoms with Crippen LogP contribution >= 0.6 is 11.6 Å². The number of carbonyl (C=O) groups is 4. The summed E-state index contributed by atoms with van der Waals surface area (Å²) >= 11 is 6.01. The molecule has 224 valence electrons. The smallest absolute Gasteiger partial charge is 0.339 e. The van der Waals surface area contributed by atoms with Crippen molar-refractivity contribution in [3.63, 3.8) is 0 Å². The van der Waals surface area contributed by atoms with Crippen molar-refractivity contribution < 1.29 is 31.8 Å². The molecule has 0 N–H and O–H groups in total. The van der Waals surface area contributed by atoms with Gasteiger partial charge in [-0.25, -0.2) is 5.01 Å². The molecule has 1 heterocycles. The van der Waals surface area contributed by atoms with Gasteiger partial charge in [-0.05, 0) is 97.7 Å². The van der Waals surface area contributed by atoms with Crippen molar-refractivity contribution in [3.8, 4) is 5.75 Å². The van der Waals surface area contributed by atoms with Crippen LogP contribution in [0.2, 0.25) is 5.02 Å². The van der Waals surface area contributed by atoms with Crippen molar-refractivity contribution in [1.82, 2.24) is 10.0 Å². The molecular weight excluding hydrogens is 604 g/mol. The van der Waals surface area contributed by atoms with Crippen LogP contribution in [0, 0.1) is 42.4 Å². The number of rotatable bonds is 8. The Morgan fingerprint density at radius 3 is 1.95 bits per heavy atom. The molecule has 8 rings (SSSR count). The van der Waals surface area contributed by atoms with E-state index in [9.17, 15) is 27.6 Å². The molecule has 2 bridgehead atoms. The van der Waals surface area contributed by atoms with Crippen LogP contribution in [0.5, 0.6) is 5.75 Å². The Bertz CT molecular complexity index is 1800. The van der Waals surface area contributed by atoms with Crippen molar-refractivity contribution in [2.24, 2.45) is 35.5 Å². The fraction of sp³-hybridized carbons (Fsp3) is 0.273. The molecule has 11 heteroatoms. The number of hydrazine groups is 1. The zero-order chi connectivity index (χ0) is 30.9. The van der Waals surface area contributed by atoms with Crippen LogP contribution in [0.1, 0.15) is 32.7 Å². The summed E-state index contributed by atoms with van der Waals surface area (Å²) in [6.07, 6.45) is 5.07. The maximum atomic E-state index is 13.8. The first-order valence-corrected chi connectivity index (χ1v) is 16.1. The maximum absolute atomic E-state index is 13.8. The first-order chi connectivity index (χ1) is 21.0. The van der Waals surface area contributed by atoms with Crippen molar-refractivity contribution in [2.75, 3.05) is 6.54 Å². The molecular formula is C33H27ClN2O7S. The molecule has 3 aromatic carbocycles. The summed E-state index contributed by atoms with van der Waals surface area (Å²) in [4.78, 5) is 55.0. The minimum absolute atomic E-state index is 0.00765. The van der Waals surface area contributed by atoms with Crippen LogP contribution in [-0.2, 0) is 19.7 Å². The third kappa shape index (κ3) is 4.73. The average molecular weight is 631 g/mol. The van der Waals surface area contributed by atoms with Gasteiger partial charge in [-0.1, -0.05) is 41.4 Å². The highest BCUT2D eigenvalue weighted by molar-refractivity contribution is 7.87. The van der Waals surface area contributed by atoms with E-state index in [0.717, 1.165) is 22.0 Å². The second kappa shape index (κ2) is 10.4. The van der Waals surface area contributed by atoms with E-state index in [2.05, 4.69) is 0 Å². The Morgan fingerprint density at radius 1 is 0.841 bits per heavy atom. The van der Waals surface area contributed by atoms with Crippen molar-refractivity contribution >= 4 is 45.2 Å². The van der Waals surface area contributed by atoms with E-state index >= 15 is 0 Å². The molecule has 4 aliphatic carbocycles. The quantitative estimate of drug-likeness (QED) is 0.153. The number of amides is 3. The number of halogens is 1. The normalized spacial score (nSPS) is 26.3. The van der Waals surface area contributed by atoms with Gasteiger partial charge in [0.2, 0.25) is 0 Å². The van der Waals surface area contributed by atoms with E-state index < -0.39 is 52.0 Å². The summed E-state index contributed by atoms with van der Waals surface area (Å²) in [5, 5.41) is 2.22. The monoisotopic (exact) mass is 630 g/mol. The number of hydrogen-bond donors (Lipinski definition) is 0. The molecule has 1 saturated heterocycles. The first kappa shape index (κ1) is 28.5. The summed E-state index contributed by atoms with van der Waals surface area (Å²) in [5.41, 5.74) is 1.19. The molecule has 5 aliphatic rings. The topological polar surface area (TPSA) is 118 Å². The molecule has 6 atom stereocenters. The number of Topliss-reactive ketones (excluding diaryl/α,β-unsaturated/α-hetero) is 1. The van der Waals surface area contributed by atoms with Crippen LogP contribution in [0.15, 0.2) is 89.8 Å². The highest BCUT2D eigenvalue weighted by Crippen LogP contribution is 2.65. The van der Waals surface area contributed by atoms with Crippen LogP contribution in [0.3, 0.4) is 0 Å². The SMILES string of the molecule is Cc1ccc(S(=O)(=O)Oc2ccc(C(=O)CN(C(=O)c3ccc(Cl)cc3)N3C(=O)[C@@H]4[C@H]5C=C[C@@H]([C@@H]6C[C@H]56)[C@H]4C3=O)cc2)cc1. The predicted octanol–water partition coefficient (Wildman–Crippen LogP) is 4.71. The fourth-order valence-electron chi connectivity index (χ4n) is 6.96. The Morgan fingerprint density at radius 2 is 1.39 bits per heavy atom. The first-order valence-electron chi connectivity index (χ1n) is 14.3. The van der Waals surface area contributed by atoms with Crippen LogP contribution in [-0.4, -0.2) is 48.5 Å². The van der Waals surface area contributed by atoms with Gasteiger partial charge >= 0.3 is 10.1 Å². The standard InChI is InChI=1S/C33H27ClN2O7S/c1-18-2-12-23(13-3-18)44(41,42)43-22-10-6-19(7-11-22)28(37)17-35(31(38)20-4-8-21(34)9-5-20)36-32(39)29-24-14-15-25(27-16-26(24)27)30(29)33(36)40/h2-15,24-27,29-30H,16-17H2,1H3/t24-,25-,26-,27+,29+,30+/m0/s1. The van der Waals surface area contributed by atoms with E-state index in [1.807, 2.05) is 19.1 Å². The number of aryl methyl sites for hydroxylation is 1. The summed E-state index contributed by atoms with van der Waals surface area (Å²) in [6, 6.07) is 17.6. The minimum Gasteiger partial charge on any atom is -0.379 e. The average Bonchev–Trinajstić information content (AvgIpc) is 3.79. The lowest BCUT2D eigenvalue weighted by Gasteiger charge is -2.37. The molecule has 0 aromatic heterocycles. The molecule has 0 unspecified atom stereocenters. The largest absolute Gasteiger partial charge is 0.379 e. The van der Waals surface area contributed by atoms with Crippen LogP contribution in [0.4, 0.5) is 0 Å². The molecule has 0 radical (unpaired) electrons. The molecule has 3 aromatic rings. The number of ketones is 1. The van der Waals surface area contributed by atoms with Crippen LogP contribution < -0.4 is 4.18 Å². The summed E-state index contributed by atoms with van der Waals surface area (Å²) in [7, 11) is -4.10. The van der Waals surface area contributed by atoms with Crippen molar-refractivity contribution in [3.05, 3.63) is 107 Å². The number of allylic oxidation sites excluding steroid dienone is 2. The molecule has 3 amide bonds. The summed E-state index contributed by atoms with van der Waals surface area (Å²) in [6.45, 7) is 1.25. The predicted molar refractivity (Wildman–Crippen MR) is 159 cm³/mol. The number of hydrogen-bond acceptors (Lipinski definition) is 7. The second-order valence-corrected chi connectivity index (χ2v) is 13.8. The highest BCUT2D eigenvalue weighted by Gasteiger charge is 2.68. The molecule has 9 nitrogen and oxygen atoms in total. The van der Waals surface area contributed by atoms with Gasteiger partial charge in [0.05, 0.1) is 11.8 Å². The van der Waals surface area contributed by atoms with Gasteiger partial charge < -0.3 is 4.18 Å². The van der Waals surface area contributed by atoms with E-state index in [-0.39, 0.29) is 33.6 Å². The maximum Gasteiger partial charge on any atom is 0.339 e. The molecule has 1 aliphatic heterocycles. The van der Waals surface area contributed by atoms with E-state index in [1.54, 1.807) is 12.1 Å². The molecule has 3 fully saturated rings.